The SMILES string of the molecule is Cc1nn(C)c(C)c1S(=O)(=O)Nc1ncc(F)cc1Cl. The van der Waals surface area contributed by atoms with Gasteiger partial charge in [-0.1, -0.05) is 11.6 Å². The van der Waals surface area contributed by atoms with Gasteiger partial charge in [-0.3, -0.25) is 9.40 Å². The summed E-state index contributed by atoms with van der Waals surface area (Å²) < 4.78 is 41.3. The van der Waals surface area contributed by atoms with Crippen LogP contribution in [0.15, 0.2) is 17.2 Å². The fourth-order valence-corrected chi connectivity index (χ4v) is 3.54. The highest BCUT2D eigenvalue weighted by Gasteiger charge is 2.25. The van der Waals surface area contributed by atoms with E-state index in [1.165, 1.54) is 4.68 Å². The van der Waals surface area contributed by atoms with E-state index in [1.807, 2.05) is 0 Å². The van der Waals surface area contributed by atoms with Gasteiger partial charge in [0.05, 0.1) is 22.6 Å². The van der Waals surface area contributed by atoms with E-state index >= 15 is 0 Å². The van der Waals surface area contributed by atoms with Gasteiger partial charge in [0.1, 0.15) is 10.7 Å². The van der Waals surface area contributed by atoms with Gasteiger partial charge in [0, 0.05) is 7.05 Å². The minimum Gasteiger partial charge on any atom is -0.271 e. The van der Waals surface area contributed by atoms with Crippen molar-refractivity contribution in [2.24, 2.45) is 7.05 Å². The molecule has 9 heteroatoms. The third kappa shape index (κ3) is 2.61. The molecule has 2 aromatic heterocycles. The van der Waals surface area contributed by atoms with Gasteiger partial charge in [-0.05, 0) is 19.9 Å². The predicted molar refractivity (Wildman–Crippen MR) is 72.7 cm³/mol. The molecule has 0 bridgehead atoms. The van der Waals surface area contributed by atoms with Crippen LogP contribution in [0.5, 0.6) is 0 Å². The van der Waals surface area contributed by atoms with Crippen molar-refractivity contribution in [3.63, 3.8) is 0 Å². The van der Waals surface area contributed by atoms with Crippen LogP contribution in [0.25, 0.3) is 0 Å². The molecule has 0 saturated carbocycles. The molecule has 0 atom stereocenters. The van der Waals surface area contributed by atoms with Crippen molar-refractivity contribution in [3.05, 3.63) is 34.5 Å². The Morgan fingerprint density at radius 1 is 1.40 bits per heavy atom. The van der Waals surface area contributed by atoms with Gasteiger partial charge in [0.25, 0.3) is 10.0 Å². The van der Waals surface area contributed by atoms with Crippen LogP contribution in [0.4, 0.5) is 10.2 Å². The van der Waals surface area contributed by atoms with Crippen LogP contribution in [0, 0.1) is 19.7 Å². The Kier molecular flexibility index (Phi) is 3.70. The predicted octanol–water partition coefficient (Wildman–Crippen LogP) is 2.03. The molecule has 2 heterocycles. The molecule has 6 nitrogen and oxygen atoms in total. The van der Waals surface area contributed by atoms with E-state index in [0.717, 1.165) is 12.3 Å². The van der Waals surface area contributed by atoms with E-state index in [2.05, 4.69) is 14.8 Å². The lowest BCUT2D eigenvalue weighted by Gasteiger charge is -2.09. The van der Waals surface area contributed by atoms with Crippen LogP contribution in [0.3, 0.4) is 0 Å². The summed E-state index contributed by atoms with van der Waals surface area (Å²) in [4.78, 5) is 3.69. The monoisotopic (exact) mass is 318 g/mol. The molecule has 0 saturated heterocycles. The van der Waals surface area contributed by atoms with E-state index in [0.29, 0.717) is 11.4 Å². The molecule has 0 aliphatic heterocycles. The van der Waals surface area contributed by atoms with Crippen LogP contribution >= 0.6 is 11.6 Å². The topological polar surface area (TPSA) is 76.9 Å². The Labute approximate surface area is 120 Å². The third-order valence-electron chi connectivity index (χ3n) is 2.75. The zero-order valence-corrected chi connectivity index (χ0v) is 12.5. The Balaban J connectivity index is 2.46. The normalized spacial score (nSPS) is 11.7. The standard InChI is InChI=1S/C11H12ClFN4O2S/c1-6-10(7(2)17(3)15-6)20(18,19)16-11-9(12)4-8(13)5-14-11/h4-5H,1-3H3,(H,14,16). The molecule has 0 spiro atoms. The van der Waals surface area contributed by atoms with Crippen molar-refractivity contribution in [1.82, 2.24) is 14.8 Å². The van der Waals surface area contributed by atoms with Gasteiger partial charge in [-0.15, -0.1) is 0 Å². The number of pyridine rings is 1. The molecule has 0 aromatic carbocycles. The largest absolute Gasteiger partial charge is 0.271 e. The van der Waals surface area contributed by atoms with Crippen LogP contribution in [0.2, 0.25) is 5.02 Å². The molecule has 0 aliphatic carbocycles. The van der Waals surface area contributed by atoms with Crippen LogP contribution in [-0.4, -0.2) is 23.2 Å². The summed E-state index contributed by atoms with van der Waals surface area (Å²) in [5.41, 5.74) is 0.837. The Bertz CT molecular complexity index is 773. The van der Waals surface area contributed by atoms with Gasteiger partial charge >= 0.3 is 0 Å². The lowest BCUT2D eigenvalue weighted by molar-refractivity contribution is 0.599. The van der Waals surface area contributed by atoms with Crippen molar-refractivity contribution in [2.45, 2.75) is 18.7 Å². The molecule has 20 heavy (non-hydrogen) atoms. The van der Waals surface area contributed by atoms with E-state index < -0.39 is 15.8 Å². The van der Waals surface area contributed by atoms with E-state index in [4.69, 9.17) is 11.6 Å². The average molecular weight is 319 g/mol. The lowest BCUT2D eigenvalue weighted by Crippen LogP contribution is -2.16. The van der Waals surface area contributed by atoms with Gasteiger partial charge in [-0.25, -0.2) is 17.8 Å². The second-order valence-corrected chi connectivity index (χ2v) is 6.24. The number of nitrogens with one attached hydrogen (secondary N) is 1. The fraction of sp³-hybridized carbons (Fsp3) is 0.273. The van der Waals surface area contributed by atoms with E-state index in [-0.39, 0.29) is 15.7 Å². The first-order valence-electron chi connectivity index (χ1n) is 5.56. The molecule has 0 unspecified atom stereocenters. The fourth-order valence-electron chi connectivity index (χ4n) is 1.81. The van der Waals surface area contributed by atoms with Gasteiger partial charge < -0.3 is 0 Å². The molecule has 2 rings (SSSR count). The van der Waals surface area contributed by atoms with Crippen molar-refractivity contribution in [2.75, 3.05) is 4.72 Å². The number of nitrogens with zero attached hydrogens (tertiary/aromatic N) is 3. The summed E-state index contributed by atoms with van der Waals surface area (Å²) in [5.74, 6) is -0.776. The molecule has 0 fully saturated rings. The highest BCUT2D eigenvalue weighted by molar-refractivity contribution is 7.92. The zero-order chi connectivity index (χ0) is 15.1. The van der Waals surface area contributed by atoms with Crippen molar-refractivity contribution in [1.29, 1.82) is 0 Å². The minimum absolute atomic E-state index is 0.0576. The quantitative estimate of drug-likeness (QED) is 0.939. The molecule has 2 aromatic rings. The summed E-state index contributed by atoms with van der Waals surface area (Å²) in [6.45, 7) is 3.22. The third-order valence-corrected chi connectivity index (χ3v) is 4.63. The Morgan fingerprint density at radius 2 is 2.05 bits per heavy atom. The maximum Gasteiger partial charge on any atom is 0.266 e. The Morgan fingerprint density at radius 3 is 2.55 bits per heavy atom. The summed E-state index contributed by atoms with van der Waals surface area (Å²) >= 11 is 5.76. The maximum atomic E-state index is 12.9. The molecule has 0 amide bonds. The number of hydrogen-bond donors (Lipinski definition) is 1. The van der Waals surface area contributed by atoms with Gasteiger partial charge in [-0.2, -0.15) is 5.10 Å². The minimum atomic E-state index is -3.89. The van der Waals surface area contributed by atoms with Crippen LogP contribution in [0.1, 0.15) is 11.4 Å². The van der Waals surface area contributed by atoms with Crippen molar-refractivity contribution >= 4 is 27.4 Å². The number of rotatable bonds is 3. The number of anilines is 1. The number of sulfonamides is 1. The second-order valence-electron chi connectivity index (χ2n) is 4.21. The average Bonchev–Trinajstić information content (AvgIpc) is 2.57. The van der Waals surface area contributed by atoms with Crippen molar-refractivity contribution < 1.29 is 12.8 Å². The zero-order valence-electron chi connectivity index (χ0n) is 11.0. The number of halogens is 2. The first kappa shape index (κ1) is 14.7. The molecular weight excluding hydrogens is 307 g/mol. The summed E-state index contributed by atoms with van der Waals surface area (Å²) in [5, 5.41) is 3.92. The van der Waals surface area contributed by atoms with E-state index in [1.54, 1.807) is 20.9 Å². The number of aromatic nitrogens is 3. The Hall–Kier alpha value is -1.67. The smallest absolute Gasteiger partial charge is 0.266 e. The summed E-state index contributed by atoms with van der Waals surface area (Å²) in [6.07, 6.45) is 0.882. The van der Waals surface area contributed by atoms with E-state index in [9.17, 15) is 12.8 Å². The highest BCUT2D eigenvalue weighted by Crippen LogP contribution is 2.25. The molecule has 1 N–H and O–H groups in total. The van der Waals surface area contributed by atoms with Gasteiger partial charge in [0.15, 0.2) is 5.82 Å². The molecule has 0 aliphatic rings. The number of hydrogen-bond acceptors (Lipinski definition) is 4. The first-order valence-corrected chi connectivity index (χ1v) is 7.42. The highest BCUT2D eigenvalue weighted by atomic mass is 35.5. The number of aryl methyl sites for hydroxylation is 2. The second kappa shape index (κ2) is 5.02. The lowest BCUT2D eigenvalue weighted by atomic mass is 10.4. The first-order chi connectivity index (χ1) is 9.22. The molecule has 108 valence electrons. The molecule has 0 radical (unpaired) electrons. The van der Waals surface area contributed by atoms with Crippen LogP contribution in [-0.2, 0) is 17.1 Å². The summed E-state index contributed by atoms with van der Waals surface area (Å²) in [6, 6.07) is 0.982. The van der Waals surface area contributed by atoms with Gasteiger partial charge in [0.2, 0.25) is 0 Å². The summed E-state index contributed by atoms with van der Waals surface area (Å²) in [7, 11) is -2.25. The molecular formula is C11H12ClFN4O2S. The van der Waals surface area contributed by atoms with Crippen molar-refractivity contribution in [3.8, 4) is 0 Å². The maximum absolute atomic E-state index is 12.9. The van der Waals surface area contributed by atoms with Crippen LogP contribution < -0.4 is 4.72 Å².